The number of methoxy groups -OCH3 is 1. The molecule has 0 atom stereocenters. The lowest BCUT2D eigenvalue weighted by Crippen LogP contribution is -1.90. The van der Waals surface area contributed by atoms with Crippen LogP contribution in [0, 0.1) is 0 Å². The summed E-state index contributed by atoms with van der Waals surface area (Å²) in [4.78, 5) is 4.45. The Kier molecular flexibility index (Phi) is 3.60. The molecular formula is C15H15N3O2. The van der Waals surface area contributed by atoms with E-state index in [-0.39, 0.29) is 0 Å². The molecule has 102 valence electrons. The van der Waals surface area contributed by atoms with Crippen LogP contribution in [0.4, 0.5) is 0 Å². The molecule has 0 fully saturated rings. The third-order valence-electron chi connectivity index (χ3n) is 2.91. The van der Waals surface area contributed by atoms with E-state index in [1.54, 1.807) is 7.11 Å². The Balaban J connectivity index is 1.76. The number of nitrogens with one attached hydrogen (secondary N) is 1. The Morgan fingerprint density at radius 1 is 1.15 bits per heavy atom. The average Bonchev–Trinajstić information content (AvgIpc) is 3.10. The standard InChI is InChI=1S/C15H15N3O2/c1-19-10-12-7-8-13(20-12)15-16-14(17-18-15)9-11-5-3-2-4-6-11/h2-8H,9-10H2,1H3,(H,16,17,18). The number of nitrogens with zero attached hydrogens (tertiary/aromatic N) is 2. The second-order valence-electron chi connectivity index (χ2n) is 4.47. The van der Waals surface area contributed by atoms with Gasteiger partial charge in [0.1, 0.15) is 18.2 Å². The molecule has 5 nitrogen and oxygen atoms in total. The Hall–Kier alpha value is -2.40. The summed E-state index contributed by atoms with van der Waals surface area (Å²) >= 11 is 0. The van der Waals surface area contributed by atoms with Crippen LogP contribution < -0.4 is 0 Å². The van der Waals surface area contributed by atoms with E-state index in [2.05, 4.69) is 27.3 Å². The molecule has 3 aromatic rings. The maximum atomic E-state index is 5.60. The average molecular weight is 269 g/mol. The van der Waals surface area contributed by atoms with Crippen molar-refractivity contribution in [3.05, 3.63) is 59.6 Å². The zero-order valence-corrected chi connectivity index (χ0v) is 11.2. The van der Waals surface area contributed by atoms with Crippen LogP contribution in [-0.2, 0) is 17.8 Å². The number of rotatable bonds is 5. The lowest BCUT2D eigenvalue weighted by molar-refractivity contribution is 0.165. The molecule has 0 unspecified atom stereocenters. The number of aromatic nitrogens is 3. The molecule has 0 aliphatic heterocycles. The Morgan fingerprint density at radius 3 is 2.80 bits per heavy atom. The first-order chi connectivity index (χ1) is 9.85. The van der Waals surface area contributed by atoms with E-state index in [4.69, 9.17) is 9.15 Å². The second kappa shape index (κ2) is 5.71. The van der Waals surface area contributed by atoms with E-state index in [9.17, 15) is 0 Å². The van der Waals surface area contributed by atoms with Gasteiger partial charge in [-0.1, -0.05) is 30.3 Å². The first-order valence-electron chi connectivity index (χ1n) is 6.38. The highest BCUT2D eigenvalue weighted by Gasteiger charge is 2.10. The monoisotopic (exact) mass is 269 g/mol. The highest BCUT2D eigenvalue weighted by Crippen LogP contribution is 2.19. The van der Waals surface area contributed by atoms with Crippen molar-refractivity contribution in [3.8, 4) is 11.6 Å². The predicted molar refractivity (Wildman–Crippen MR) is 74.0 cm³/mol. The highest BCUT2D eigenvalue weighted by molar-refractivity contribution is 5.46. The molecule has 20 heavy (non-hydrogen) atoms. The number of H-pyrrole nitrogens is 1. The third-order valence-corrected chi connectivity index (χ3v) is 2.91. The minimum atomic E-state index is 0.446. The van der Waals surface area contributed by atoms with Gasteiger partial charge in [0.05, 0.1) is 0 Å². The molecule has 0 spiro atoms. The molecule has 0 saturated heterocycles. The van der Waals surface area contributed by atoms with Crippen molar-refractivity contribution in [2.75, 3.05) is 7.11 Å². The van der Waals surface area contributed by atoms with Crippen LogP contribution in [0.1, 0.15) is 17.1 Å². The Bertz CT molecular complexity index is 673. The summed E-state index contributed by atoms with van der Waals surface area (Å²) in [5.41, 5.74) is 1.19. The zero-order chi connectivity index (χ0) is 13.8. The molecule has 0 bridgehead atoms. The fourth-order valence-corrected chi connectivity index (χ4v) is 1.99. The second-order valence-corrected chi connectivity index (χ2v) is 4.47. The number of aromatic amines is 1. The molecule has 5 heteroatoms. The van der Waals surface area contributed by atoms with Crippen LogP contribution in [0.5, 0.6) is 0 Å². The van der Waals surface area contributed by atoms with Crippen molar-refractivity contribution in [3.63, 3.8) is 0 Å². The molecule has 1 N–H and O–H groups in total. The van der Waals surface area contributed by atoms with E-state index < -0.39 is 0 Å². The van der Waals surface area contributed by atoms with Gasteiger partial charge in [0.25, 0.3) is 0 Å². The van der Waals surface area contributed by atoms with E-state index in [0.717, 1.165) is 18.0 Å². The molecule has 3 rings (SSSR count). The molecule has 0 radical (unpaired) electrons. The van der Waals surface area contributed by atoms with E-state index in [1.165, 1.54) is 5.56 Å². The van der Waals surface area contributed by atoms with Gasteiger partial charge in [-0.15, -0.1) is 0 Å². The van der Waals surface area contributed by atoms with Crippen molar-refractivity contribution < 1.29 is 9.15 Å². The van der Waals surface area contributed by atoms with E-state index >= 15 is 0 Å². The van der Waals surface area contributed by atoms with Crippen molar-refractivity contribution in [2.45, 2.75) is 13.0 Å². The largest absolute Gasteiger partial charge is 0.455 e. The topological polar surface area (TPSA) is 63.9 Å². The first-order valence-corrected chi connectivity index (χ1v) is 6.38. The Morgan fingerprint density at radius 2 is 2.00 bits per heavy atom. The molecule has 0 saturated carbocycles. The molecule has 2 heterocycles. The van der Waals surface area contributed by atoms with Crippen molar-refractivity contribution in [1.82, 2.24) is 15.2 Å². The quantitative estimate of drug-likeness (QED) is 0.773. The van der Waals surface area contributed by atoms with Gasteiger partial charge < -0.3 is 9.15 Å². The van der Waals surface area contributed by atoms with Crippen LogP contribution in [0.15, 0.2) is 46.9 Å². The highest BCUT2D eigenvalue weighted by atomic mass is 16.5. The molecule has 0 aliphatic rings. The summed E-state index contributed by atoms with van der Waals surface area (Å²) in [7, 11) is 1.63. The maximum Gasteiger partial charge on any atom is 0.216 e. The lowest BCUT2D eigenvalue weighted by Gasteiger charge is -1.95. The normalized spacial score (nSPS) is 10.8. The number of hydrogen-bond acceptors (Lipinski definition) is 4. The van der Waals surface area contributed by atoms with Gasteiger partial charge in [0.2, 0.25) is 5.82 Å². The van der Waals surface area contributed by atoms with Crippen LogP contribution in [0.2, 0.25) is 0 Å². The van der Waals surface area contributed by atoms with Gasteiger partial charge in [-0.25, -0.2) is 4.98 Å². The fraction of sp³-hybridized carbons (Fsp3) is 0.200. The summed E-state index contributed by atoms with van der Waals surface area (Å²) in [5.74, 6) is 2.79. The fourth-order valence-electron chi connectivity index (χ4n) is 1.99. The van der Waals surface area contributed by atoms with E-state index in [0.29, 0.717) is 18.2 Å². The Labute approximate surface area is 116 Å². The molecular weight excluding hydrogens is 254 g/mol. The maximum absolute atomic E-state index is 5.60. The molecule has 0 amide bonds. The van der Waals surface area contributed by atoms with Crippen molar-refractivity contribution >= 4 is 0 Å². The summed E-state index contributed by atoms with van der Waals surface area (Å²) < 4.78 is 10.6. The SMILES string of the molecule is COCc1ccc(-c2n[nH]c(Cc3ccccc3)n2)o1. The number of furan rings is 1. The van der Waals surface area contributed by atoms with Gasteiger partial charge in [0, 0.05) is 13.5 Å². The minimum Gasteiger partial charge on any atom is -0.455 e. The van der Waals surface area contributed by atoms with Gasteiger partial charge in [0.15, 0.2) is 5.76 Å². The van der Waals surface area contributed by atoms with Crippen LogP contribution in [0.25, 0.3) is 11.6 Å². The van der Waals surface area contributed by atoms with Crippen molar-refractivity contribution in [2.24, 2.45) is 0 Å². The summed E-state index contributed by atoms with van der Waals surface area (Å²) in [6.07, 6.45) is 0.722. The van der Waals surface area contributed by atoms with Gasteiger partial charge in [-0.05, 0) is 17.7 Å². The summed E-state index contributed by atoms with van der Waals surface area (Å²) in [6.45, 7) is 0.446. The smallest absolute Gasteiger partial charge is 0.216 e. The molecule has 0 aliphatic carbocycles. The number of benzene rings is 1. The minimum absolute atomic E-state index is 0.446. The van der Waals surface area contributed by atoms with Gasteiger partial charge >= 0.3 is 0 Å². The predicted octanol–water partition coefficient (Wildman–Crippen LogP) is 2.80. The first kappa shape index (κ1) is 12.6. The molecule has 2 aromatic heterocycles. The van der Waals surface area contributed by atoms with E-state index in [1.807, 2.05) is 30.3 Å². The lowest BCUT2D eigenvalue weighted by atomic mass is 10.1. The van der Waals surface area contributed by atoms with Crippen LogP contribution in [0.3, 0.4) is 0 Å². The summed E-state index contributed by atoms with van der Waals surface area (Å²) in [6, 6.07) is 13.9. The number of ether oxygens (including phenoxy) is 1. The summed E-state index contributed by atoms with van der Waals surface area (Å²) in [5, 5.41) is 7.13. The van der Waals surface area contributed by atoms with Crippen LogP contribution >= 0.6 is 0 Å². The van der Waals surface area contributed by atoms with Gasteiger partial charge in [-0.2, -0.15) is 5.10 Å². The van der Waals surface area contributed by atoms with Crippen molar-refractivity contribution in [1.29, 1.82) is 0 Å². The molecule has 1 aromatic carbocycles. The zero-order valence-electron chi connectivity index (χ0n) is 11.2. The third kappa shape index (κ3) is 2.78. The van der Waals surface area contributed by atoms with Gasteiger partial charge in [-0.3, -0.25) is 5.10 Å². The number of hydrogen-bond donors (Lipinski definition) is 1. The van der Waals surface area contributed by atoms with Crippen LogP contribution in [-0.4, -0.2) is 22.3 Å².